The summed E-state index contributed by atoms with van der Waals surface area (Å²) in [6.07, 6.45) is 3.14. The van der Waals surface area contributed by atoms with E-state index in [1.54, 1.807) is 48.8 Å². The average molecular weight is 550 g/mol. The maximum Gasteiger partial charge on any atom is 0.267 e. The summed E-state index contributed by atoms with van der Waals surface area (Å²) in [6, 6.07) is 22.0. The van der Waals surface area contributed by atoms with E-state index in [2.05, 4.69) is 10.3 Å². The monoisotopic (exact) mass is 549 g/mol. The first-order valence-electron chi connectivity index (χ1n) is 11.8. The Morgan fingerprint density at radius 1 is 1.03 bits per heavy atom. The molecule has 1 N–H and O–H groups in total. The van der Waals surface area contributed by atoms with Gasteiger partial charge in [-0.3, -0.25) is 14.1 Å². The predicted molar refractivity (Wildman–Crippen MR) is 146 cm³/mol. The van der Waals surface area contributed by atoms with Crippen molar-refractivity contribution in [2.75, 3.05) is 23.3 Å². The summed E-state index contributed by atoms with van der Waals surface area (Å²) >= 11 is 6.17. The number of halogens is 1. The van der Waals surface area contributed by atoms with Crippen molar-refractivity contribution in [1.29, 1.82) is 0 Å². The third-order valence-electron chi connectivity index (χ3n) is 6.11. The number of rotatable bonds is 7. The highest BCUT2D eigenvalue weighted by molar-refractivity contribution is 7.92. The maximum atomic E-state index is 13.6. The molecule has 38 heavy (non-hydrogen) atoms. The number of aromatic nitrogens is 1. The number of fused-ring (bicyclic) bond motifs is 1. The predicted octanol–water partition coefficient (Wildman–Crippen LogP) is 4.93. The molecular formula is C28H24ClN3O5S. The molecule has 10 heteroatoms. The standard InChI is InChI=1S/C28H24ClN3O5S/c1-36-23-7-9-24(10-8-23)38(34,35)32-18-27(37-26-11-4-21(29)17-25(26)32)28(33)31-22-5-2-19(3-6-22)16-20-12-14-30-15-13-20/h2-15,17,27H,16,18H2,1H3,(H,31,33)/t27-/m1/s1. The van der Waals surface area contributed by atoms with Gasteiger partial charge >= 0.3 is 0 Å². The van der Waals surface area contributed by atoms with Crippen LogP contribution in [0, 0.1) is 0 Å². The Morgan fingerprint density at radius 2 is 1.71 bits per heavy atom. The van der Waals surface area contributed by atoms with Crippen LogP contribution in [0.2, 0.25) is 5.02 Å². The Bertz CT molecular complexity index is 1550. The topological polar surface area (TPSA) is 97.8 Å². The molecule has 8 nitrogen and oxygen atoms in total. The third-order valence-corrected chi connectivity index (χ3v) is 8.14. The van der Waals surface area contributed by atoms with E-state index in [1.807, 2.05) is 24.3 Å². The molecule has 2 heterocycles. The van der Waals surface area contributed by atoms with Crippen LogP contribution < -0.4 is 19.1 Å². The minimum atomic E-state index is -4.04. The van der Waals surface area contributed by atoms with Gasteiger partial charge in [-0.05, 0) is 84.3 Å². The average Bonchev–Trinajstić information content (AvgIpc) is 2.94. The summed E-state index contributed by atoms with van der Waals surface area (Å²) in [5, 5.41) is 3.18. The SMILES string of the molecule is COc1ccc(S(=O)(=O)N2C[C@H](C(=O)Nc3ccc(Cc4ccncc4)cc3)Oc3ccc(Cl)cc32)cc1. The molecule has 0 saturated carbocycles. The number of benzene rings is 3. The molecule has 0 radical (unpaired) electrons. The number of carbonyl (C=O) groups excluding carboxylic acids is 1. The van der Waals surface area contributed by atoms with Crippen LogP contribution in [0.25, 0.3) is 0 Å². The molecule has 1 atom stereocenters. The Labute approximate surface area is 225 Å². The van der Waals surface area contributed by atoms with E-state index in [9.17, 15) is 13.2 Å². The molecule has 4 aromatic rings. The van der Waals surface area contributed by atoms with Gasteiger partial charge < -0.3 is 14.8 Å². The molecule has 1 aliphatic rings. The second-order valence-electron chi connectivity index (χ2n) is 8.65. The lowest BCUT2D eigenvalue weighted by atomic mass is 10.1. The van der Waals surface area contributed by atoms with E-state index in [-0.39, 0.29) is 22.9 Å². The molecule has 194 valence electrons. The summed E-state index contributed by atoms with van der Waals surface area (Å²) in [4.78, 5) is 17.3. The number of anilines is 2. The molecule has 0 aliphatic carbocycles. The molecule has 1 aliphatic heterocycles. The van der Waals surface area contributed by atoms with E-state index in [0.717, 1.165) is 21.9 Å². The van der Waals surface area contributed by atoms with Crippen LogP contribution in [-0.4, -0.2) is 39.1 Å². The lowest BCUT2D eigenvalue weighted by molar-refractivity contribution is -0.122. The largest absolute Gasteiger partial charge is 0.497 e. The molecule has 0 spiro atoms. The fraction of sp³-hybridized carbons (Fsp3) is 0.143. The Balaban J connectivity index is 1.36. The molecule has 0 bridgehead atoms. The van der Waals surface area contributed by atoms with Crippen molar-refractivity contribution >= 4 is 38.9 Å². The van der Waals surface area contributed by atoms with Crippen molar-refractivity contribution in [2.45, 2.75) is 17.4 Å². The second-order valence-corrected chi connectivity index (χ2v) is 10.9. The first-order valence-corrected chi connectivity index (χ1v) is 13.6. The molecule has 0 saturated heterocycles. The summed E-state index contributed by atoms with van der Waals surface area (Å²) < 4.78 is 39.5. The van der Waals surface area contributed by atoms with Crippen molar-refractivity contribution in [1.82, 2.24) is 4.98 Å². The molecule has 0 unspecified atom stereocenters. The number of pyridine rings is 1. The number of hydrogen-bond acceptors (Lipinski definition) is 6. The van der Waals surface area contributed by atoms with Crippen LogP contribution in [0.15, 0.2) is 96.2 Å². The van der Waals surface area contributed by atoms with E-state index >= 15 is 0 Å². The minimum Gasteiger partial charge on any atom is -0.497 e. The van der Waals surface area contributed by atoms with Crippen molar-refractivity contribution in [2.24, 2.45) is 0 Å². The lowest BCUT2D eigenvalue weighted by Gasteiger charge is -2.34. The van der Waals surface area contributed by atoms with Gasteiger partial charge in [0.1, 0.15) is 11.5 Å². The molecule has 1 aromatic heterocycles. The summed E-state index contributed by atoms with van der Waals surface area (Å²) in [5.41, 5.74) is 3.04. The number of hydrogen-bond donors (Lipinski definition) is 1. The van der Waals surface area contributed by atoms with Crippen LogP contribution in [-0.2, 0) is 21.2 Å². The highest BCUT2D eigenvalue weighted by atomic mass is 35.5. The zero-order valence-electron chi connectivity index (χ0n) is 20.4. The van der Waals surface area contributed by atoms with Crippen molar-refractivity contribution < 1.29 is 22.7 Å². The van der Waals surface area contributed by atoms with E-state index in [1.165, 1.54) is 25.3 Å². The summed E-state index contributed by atoms with van der Waals surface area (Å²) in [5.74, 6) is 0.298. The first kappa shape index (κ1) is 25.6. The zero-order valence-corrected chi connectivity index (χ0v) is 21.9. The van der Waals surface area contributed by atoms with Crippen LogP contribution in [0.5, 0.6) is 11.5 Å². The Morgan fingerprint density at radius 3 is 2.39 bits per heavy atom. The van der Waals surface area contributed by atoms with Gasteiger partial charge in [0.15, 0.2) is 6.10 Å². The molecule has 0 fully saturated rings. The van der Waals surface area contributed by atoms with E-state index in [0.29, 0.717) is 16.5 Å². The number of nitrogens with zero attached hydrogens (tertiary/aromatic N) is 2. The van der Waals surface area contributed by atoms with Gasteiger partial charge in [-0.15, -0.1) is 0 Å². The zero-order chi connectivity index (χ0) is 26.7. The summed E-state index contributed by atoms with van der Waals surface area (Å²) in [6.45, 7) is -0.229. The van der Waals surface area contributed by atoms with Crippen molar-refractivity contribution in [3.63, 3.8) is 0 Å². The van der Waals surface area contributed by atoms with Crippen molar-refractivity contribution in [3.8, 4) is 11.5 Å². The van der Waals surface area contributed by atoms with Gasteiger partial charge in [-0.25, -0.2) is 8.42 Å². The minimum absolute atomic E-state index is 0.0510. The fourth-order valence-corrected chi connectivity index (χ4v) is 5.76. The molecule has 3 aromatic carbocycles. The summed E-state index contributed by atoms with van der Waals surface area (Å²) in [7, 11) is -2.54. The van der Waals surface area contributed by atoms with Crippen LogP contribution in [0.4, 0.5) is 11.4 Å². The highest BCUT2D eigenvalue weighted by Gasteiger charge is 2.38. The quantitative estimate of drug-likeness (QED) is 0.351. The normalized spacial score (nSPS) is 14.8. The number of carbonyl (C=O) groups is 1. The van der Waals surface area contributed by atoms with Gasteiger partial charge in [0.05, 0.1) is 24.2 Å². The highest BCUT2D eigenvalue weighted by Crippen LogP contribution is 2.39. The van der Waals surface area contributed by atoms with Crippen molar-refractivity contribution in [3.05, 3.63) is 107 Å². The van der Waals surface area contributed by atoms with Gasteiger partial charge in [0.25, 0.3) is 15.9 Å². The van der Waals surface area contributed by atoms with Crippen LogP contribution >= 0.6 is 11.6 Å². The number of amides is 1. The molecular weight excluding hydrogens is 526 g/mol. The van der Waals surface area contributed by atoms with Gasteiger partial charge in [0.2, 0.25) is 0 Å². The van der Waals surface area contributed by atoms with Gasteiger partial charge in [-0.1, -0.05) is 23.7 Å². The third kappa shape index (κ3) is 5.44. The number of sulfonamides is 1. The van der Waals surface area contributed by atoms with Crippen LogP contribution in [0.3, 0.4) is 0 Å². The maximum absolute atomic E-state index is 13.6. The second kappa shape index (κ2) is 10.7. The number of methoxy groups -OCH3 is 1. The van der Waals surface area contributed by atoms with Crippen LogP contribution in [0.1, 0.15) is 11.1 Å². The number of nitrogens with one attached hydrogen (secondary N) is 1. The molecule has 5 rings (SSSR count). The van der Waals surface area contributed by atoms with Gasteiger partial charge in [0, 0.05) is 23.1 Å². The van der Waals surface area contributed by atoms with Gasteiger partial charge in [-0.2, -0.15) is 0 Å². The smallest absolute Gasteiger partial charge is 0.267 e. The Hall–Kier alpha value is -4.08. The van der Waals surface area contributed by atoms with E-state index in [4.69, 9.17) is 21.1 Å². The first-order chi connectivity index (χ1) is 18.3. The number of ether oxygens (including phenoxy) is 2. The fourth-order valence-electron chi connectivity index (χ4n) is 4.13. The molecule has 1 amide bonds. The Kier molecular flexibility index (Phi) is 7.22. The lowest BCUT2D eigenvalue weighted by Crippen LogP contribution is -2.48. The van der Waals surface area contributed by atoms with E-state index < -0.39 is 22.0 Å².